The van der Waals surface area contributed by atoms with Crippen molar-refractivity contribution < 1.29 is 5.11 Å². The molecule has 0 bridgehead atoms. The van der Waals surface area contributed by atoms with Gasteiger partial charge >= 0.3 is 0 Å². The SMILES string of the molecule is Cc1cccc(-c2nc(CCO)c(Cl)s2)c1. The molecule has 0 aliphatic carbocycles. The highest BCUT2D eigenvalue weighted by atomic mass is 35.5. The Labute approximate surface area is 104 Å². The van der Waals surface area contributed by atoms with Gasteiger partial charge in [-0.05, 0) is 13.0 Å². The predicted molar refractivity (Wildman–Crippen MR) is 68.1 cm³/mol. The number of nitrogens with zero attached hydrogens (tertiary/aromatic N) is 1. The molecule has 0 aliphatic rings. The molecule has 84 valence electrons. The molecule has 16 heavy (non-hydrogen) atoms. The molecule has 2 aromatic rings. The summed E-state index contributed by atoms with van der Waals surface area (Å²) in [5.41, 5.74) is 3.06. The van der Waals surface area contributed by atoms with E-state index < -0.39 is 0 Å². The molecule has 2 nitrogen and oxygen atoms in total. The molecule has 2 rings (SSSR count). The Kier molecular flexibility index (Phi) is 3.59. The molecule has 0 spiro atoms. The third-order valence-electron chi connectivity index (χ3n) is 2.26. The van der Waals surface area contributed by atoms with E-state index in [0.717, 1.165) is 16.3 Å². The first-order chi connectivity index (χ1) is 7.70. The van der Waals surface area contributed by atoms with E-state index in [1.165, 1.54) is 16.9 Å². The maximum atomic E-state index is 8.87. The molecule has 0 atom stereocenters. The minimum Gasteiger partial charge on any atom is -0.396 e. The van der Waals surface area contributed by atoms with Crippen LogP contribution in [-0.2, 0) is 6.42 Å². The summed E-state index contributed by atoms with van der Waals surface area (Å²) in [5, 5.41) is 9.79. The molecule has 1 aromatic heterocycles. The lowest BCUT2D eigenvalue weighted by Crippen LogP contribution is -1.91. The topological polar surface area (TPSA) is 33.1 Å². The monoisotopic (exact) mass is 253 g/mol. The Morgan fingerprint density at radius 2 is 2.25 bits per heavy atom. The van der Waals surface area contributed by atoms with E-state index in [4.69, 9.17) is 16.7 Å². The van der Waals surface area contributed by atoms with Crippen molar-refractivity contribution in [2.24, 2.45) is 0 Å². The molecule has 0 amide bonds. The van der Waals surface area contributed by atoms with Gasteiger partial charge in [0.05, 0.1) is 5.69 Å². The summed E-state index contributed by atoms with van der Waals surface area (Å²) in [7, 11) is 0. The van der Waals surface area contributed by atoms with Crippen LogP contribution < -0.4 is 0 Å². The van der Waals surface area contributed by atoms with Crippen molar-refractivity contribution >= 4 is 22.9 Å². The molecule has 1 aromatic carbocycles. The van der Waals surface area contributed by atoms with Gasteiger partial charge in [0, 0.05) is 18.6 Å². The number of aryl methyl sites for hydroxylation is 1. The van der Waals surface area contributed by atoms with Crippen LogP contribution in [0.25, 0.3) is 10.6 Å². The molecule has 0 unspecified atom stereocenters. The summed E-state index contributed by atoms with van der Waals surface area (Å²) in [6.07, 6.45) is 0.515. The largest absolute Gasteiger partial charge is 0.396 e. The minimum absolute atomic E-state index is 0.0801. The molecular formula is C12H12ClNOS. The van der Waals surface area contributed by atoms with Crippen LogP contribution in [0.1, 0.15) is 11.3 Å². The number of aliphatic hydroxyl groups is 1. The van der Waals surface area contributed by atoms with E-state index >= 15 is 0 Å². The number of aromatic nitrogens is 1. The third-order valence-corrected chi connectivity index (χ3v) is 3.65. The van der Waals surface area contributed by atoms with Crippen molar-refractivity contribution in [2.45, 2.75) is 13.3 Å². The normalized spacial score (nSPS) is 10.7. The summed E-state index contributed by atoms with van der Waals surface area (Å²) in [4.78, 5) is 4.44. The van der Waals surface area contributed by atoms with Crippen LogP contribution >= 0.6 is 22.9 Å². The van der Waals surface area contributed by atoms with E-state index in [1.54, 1.807) is 0 Å². The Hall–Kier alpha value is -0.900. The third kappa shape index (κ3) is 2.43. The summed E-state index contributed by atoms with van der Waals surface area (Å²) >= 11 is 7.52. The molecule has 0 aliphatic heterocycles. The quantitative estimate of drug-likeness (QED) is 0.911. The number of halogens is 1. The Morgan fingerprint density at radius 3 is 2.94 bits per heavy atom. The van der Waals surface area contributed by atoms with Gasteiger partial charge in [-0.25, -0.2) is 4.98 Å². The predicted octanol–water partition coefficient (Wildman–Crippen LogP) is 3.31. The fraction of sp³-hybridized carbons (Fsp3) is 0.250. The number of aliphatic hydroxyl groups excluding tert-OH is 1. The summed E-state index contributed by atoms with van der Waals surface area (Å²) in [6, 6.07) is 8.15. The van der Waals surface area contributed by atoms with Gasteiger partial charge in [-0.2, -0.15) is 0 Å². The smallest absolute Gasteiger partial charge is 0.125 e. The molecule has 4 heteroatoms. The zero-order valence-corrected chi connectivity index (χ0v) is 10.5. The van der Waals surface area contributed by atoms with Crippen LogP contribution in [-0.4, -0.2) is 16.7 Å². The second kappa shape index (κ2) is 4.95. The Bertz CT molecular complexity index is 496. The molecule has 1 heterocycles. The van der Waals surface area contributed by atoms with E-state index in [9.17, 15) is 0 Å². The van der Waals surface area contributed by atoms with Crippen molar-refractivity contribution in [3.63, 3.8) is 0 Å². The molecular weight excluding hydrogens is 242 g/mol. The lowest BCUT2D eigenvalue weighted by molar-refractivity contribution is 0.298. The summed E-state index contributed by atoms with van der Waals surface area (Å²) in [6.45, 7) is 2.13. The summed E-state index contributed by atoms with van der Waals surface area (Å²) < 4.78 is 0.672. The van der Waals surface area contributed by atoms with Crippen LogP contribution in [0.2, 0.25) is 4.34 Å². The van der Waals surface area contributed by atoms with E-state index in [1.807, 2.05) is 25.1 Å². The number of benzene rings is 1. The number of hydrogen-bond donors (Lipinski definition) is 1. The van der Waals surface area contributed by atoms with E-state index in [0.29, 0.717) is 10.8 Å². The first-order valence-corrected chi connectivity index (χ1v) is 6.23. The average molecular weight is 254 g/mol. The highest BCUT2D eigenvalue weighted by molar-refractivity contribution is 7.19. The highest BCUT2D eigenvalue weighted by Gasteiger charge is 2.10. The van der Waals surface area contributed by atoms with Crippen molar-refractivity contribution in [1.82, 2.24) is 4.98 Å². The molecule has 0 saturated heterocycles. The van der Waals surface area contributed by atoms with Crippen LogP contribution in [0, 0.1) is 6.92 Å². The van der Waals surface area contributed by atoms with Crippen molar-refractivity contribution in [3.8, 4) is 10.6 Å². The average Bonchev–Trinajstić information content (AvgIpc) is 2.61. The van der Waals surface area contributed by atoms with Crippen LogP contribution in [0.5, 0.6) is 0 Å². The highest BCUT2D eigenvalue weighted by Crippen LogP contribution is 2.32. The van der Waals surface area contributed by atoms with Gasteiger partial charge in [-0.1, -0.05) is 35.4 Å². The van der Waals surface area contributed by atoms with Gasteiger partial charge in [-0.15, -0.1) is 11.3 Å². The van der Waals surface area contributed by atoms with Gasteiger partial charge in [0.25, 0.3) is 0 Å². The Morgan fingerprint density at radius 1 is 1.44 bits per heavy atom. The maximum Gasteiger partial charge on any atom is 0.125 e. The number of rotatable bonds is 3. The standard InChI is InChI=1S/C12H12ClNOS/c1-8-3-2-4-9(7-8)12-14-10(5-6-15)11(13)16-12/h2-4,7,15H,5-6H2,1H3. The molecule has 0 fully saturated rings. The molecule has 1 N–H and O–H groups in total. The van der Waals surface area contributed by atoms with Gasteiger partial charge in [-0.3, -0.25) is 0 Å². The number of hydrogen-bond acceptors (Lipinski definition) is 3. The molecule has 0 saturated carbocycles. The second-order valence-electron chi connectivity index (χ2n) is 3.58. The fourth-order valence-corrected chi connectivity index (χ4v) is 2.69. The van der Waals surface area contributed by atoms with Gasteiger partial charge in [0.2, 0.25) is 0 Å². The maximum absolute atomic E-state index is 8.87. The van der Waals surface area contributed by atoms with Gasteiger partial charge < -0.3 is 5.11 Å². The van der Waals surface area contributed by atoms with Crippen molar-refractivity contribution in [2.75, 3.05) is 6.61 Å². The lowest BCUT2D eigenvalue weighted by atomic mass is 10.1. The van der Waals surface area contributed by atoms with Crippen molar-refractivity contribution in [1.29, 1.82) is 0 Å². The first-order valence-electron chi connectivity index (χ1n) is 5.04. The zero-order chi connectivity index (χ0) is 11.5. The Balaban J connectivity index is 2.37. The van der Waals surface area contributed by atoms with Crippen LogP contribution in [0.4, 0.5) is 0 Å². The van der Waals surface area contributed by atoms with Crippen molar-refractivity contribution in [3.05, 3.63) is 39.9 Å². The second-order valence-corrected chi connectivity index (χ2v) is 5.18. The molecule has 0 radical (unpaired) electrons. The lowest BCUT2D eigenvalue weighted by Gasteiger charge is -1.97. The van der Waals surface area contributed by atoms with Gasteiger partial charge in [0.1, 0.15) is 9.34 Å². The van der Waals surface area contributed by atoms with E-state index in [2.05, 4.69) is 11.1 Å². The van der Waals surface area contributed by atoms with E-state index in [-0.39, 0.29) is 6.61 Å². The minimum atomic E-state index is 0.0801. The van der Waals surface area contributed by atoms with Crippen LogP contribution in [0.15, 0.2) is 24.3 Å². The zero-order valence-electron chi connectivity index (χ0n) is 8.90. The summed E-state index contributed by atoms with van der Waals surface area (Å²) in [5.74, 6) is 0. The van der Waals surface area contributed by atoms with Crippen LogP contribution in [0.3, 0.4) is 0 Å². The fourth-order valence-electron chi connectivity index (χ4n) is 1.49. The first kappa shape index (κ1) is 11.6. The number of thiazole rings is 1. The van der Waals surface area contributed by atoms with Gasteiger partial charge in [0.15, 0.2) is 0 Å².